The number of rotatable bonds is 6. The maximum absolute atomic E-state index is 13.5. The number of alkyl halides is 2. The van der Waals surface area contributed by atoms with Crippen LogP contribution in [0.1, 0.15) is 30.0 Å². The zero-order chi connectivity index (χ0) is 21.4. The Morgan fingerprint density at radius 3 is 2.77 bits per heavy atom. The second kappa shape index (κ2) is 8.56. The van der Waals surface area contributed by atoms with Gasteiger partial charge in [-0.15, -0.1) is 5.53 Å². The number of amides is 1. The summed E-state index contributed by atoms with van der Waals surface area (Å²) in [5.41, 5.74) is 4.98. The normalized spacial score (nSPS) is 21.9. The lowest BCUT2D eigenvalue weighted by atomic mass is 9.92. The summed E-state index contributed by atoms with van der Waals surface area (Å²) in [6.45, 7) is 2.02. The average molecular weight is 442 g/mol. The molecule has 0 spiro atoms. The minimum atomic E-state index is -2.62. The summed E-state index contributed by atoms with van der Waals surface area (Å²) in [4.78, 5) is 14.0. The Kier molecular flexibility index (Phi) is 6.04. The third kappa shape index (κ3) is 3.93. The fraction of sp³-hybridized carbons (Fsp3) is 0.550. The third-order valence-electron chi connectivity index (χ3n) is 5.88. The smallest absolute Gasteiger partial charge is 0.281 e. The van der Waals surface area contributed by atoms with Gasteiger partial charge in [-0.25, -0.2) is 8.78 Å². The second-order valence-corrected chi connectivity index (χ2v) is 8.18. The van der Waals surface area contributed by atoms with E-state index in [1.807, 2.05) is 4.90 Å². The molecule has 4 rings (SSSR count). The highest BCUT2D eigenvalue weighted by Gasteiger charge is 2.33. The number of fused-ring (bicyclic) bond motifs is 1. The number of hydrazine groups is 2. The molecule has 0 saturated carbocycles. The van der Waals surface area contributed by atoms with Crippen LogP contribution in [-0.2, 0) is 11.2 Å². The van der Waals surface area contributed by atoms with Gasteiger partial charge in [0.25, 0.3) is 6.43 Å². The van der Waals surface area contributed by atoms with E-state index in [9.17, 15) is 13.6 Å². The highest BCUT2D eigenvalue weighted by molar-refractivity contribution is 6.31. The summed E-state index contributed by atoms with van der Waals surface area (Å²) >= 11 is 6.46. The number of allylic oxidation sites excluding steroid dienone is 1. The summed E-state index contributed by atoms with van der Waals surface area (Å²) in [5.74, 6) is 0.754. The van der Waals surface area contributed by atoms with Gasteiger partial charge in [0, 0.05) is 44.2 Å². The van der Waals surface area contributed by atoms with E-state index in [4.69, 9.17) is 16.3 Å². The Morgan fingerprint density at radius 1 is 1.27 bits per heavy atom. The molecule has 0 unspecified atom stereocenters. The molecule has 1 atom stereocenters. The fourth-order valence-corrected chi connectivity index (χ4v) is 4.68. The van der Waals surface area contributed by atoms with E-state index in [1.54, 1.807) is 26.2 Å². The van der Waals surface area contributed by atoms with E-state index in [0.29, 0.717) is 29.4 Å². The molecule has 1 amide bonds. The van der Waals surface area contributed by atoms with Gasteiger partial charge in [0.15, 0.2) is 0 Å². The summed E-state index contributed by atoms with van der Waals surface area (Å²) in [6.07, 6.45) is -0.434. The Bertz CT molecular complexity index is 866. The Labute approximate surface area is 179 Å². The van der Waals surface area contributed by atoms with Gasteiger partial charge in [-0.3, -0.25) is 14.8 Å². The van der Waals surface area contributed by atoms with Gasteiger partial charge in [0.2, 0.25) is 5.91 Å². The molecular formula is C20H26ClF2N5O2. The van der Waals surface area contributed by atoms with Gasteiger partial charge in [-0.1, -0.05) is 11.6 Å². The molecule has 1 aromatic rings. The van der Waals surface area contributed by atoms with E-state index in [2.05, 4.69) is 10.9 Å². The molecule has 3 heterocycles. The van der Waals surface area contributed by atoms with Crippen molar-refractivity contribution in [2.45, 2.75) is 31.7 Å². The minimum Gasteiger partial charge on any atom is -0.487 e. The number of hydrogen-bond acceptors (Lipinski definition) is 6. The van der Waals surface area contributed by atoms with Crippen LogP contribution in [0.5, 0.6) is 5.75 Å². The van der Waals surface area contributed by atoms with Gasteiger partial charge in [-0.05, 0) is 37.1 Å². The SMILES string of the molecule is CN1NN(C)C(C(F)F)=C1COc1ccc(Cl)c2c1[C@@H](CN1CCCC1=O)NCC2. The Balaban J connectivity index is 1.61. The van der Waals surface area contributed by atoms with Crippen molar-refractivity contribution in [3.05, 3.63) is 39.7 Å². The molecule has 0 aliphatic carbocycles. The average Bonchev–Trinajstić information content (AvgIpc) is 3.23. The molecule has 30 heavy (non-hydrogen) atoms. The highest BCUT2D eigenvalue weighted by Crippen LogP contribution is 2.37. The Morgan fingerprint density at radius 2 is 2.07 bits per heavy atom. The maximum atomic E-state index is 13.5. The van der Waals surface area contributed by atoms with Crippen molar-refractivity contribution in [1.82, 2.24) is 25.8 Å². The van der Waals surface area contributed by atoms with Crippen molar-refractivity contribution in [3.63, 3.8) is 0 Å². The van der Waals surface area contributed by atoms with Crippen molar-refractivity contribution in [2.24, 2.45) is 0 Å². The van der Waals surface area contributed by atoms with Crippen LogP contribution < -0.4 is 15.6 Å². The quantitative estimate of drug-likeness (QED) is 0.706. The van der Waals surface area contributed by atoms with Gasteiger partial charge in [0.1, 0.15) is 18.1 Å². The minimum absolute atomic E-state index is 0.0169. The van der Waals surface area contributed by atoms with Gasteiger partial charge < -0.3 is 15.0 Å². The first kappa shape index (κ1) is 21.1. The zero-order valence-corrected chi connectivity index (χ0v) is 17.8. The van der Waals surface area contributed by atoms with Crippen LogP contribution >= 0.6 is 11.6 Å². The largest absolute Gasteiger partial charge is 0.487 e. The van der Waals surface area contributed by atoms with Crippen molar-refractivity contribution in [1.29, 1.82) is 0 Å². The predicted molar refractivity (Wildman–Crippen MR) is 109 cm³/mol. The molecule has 0 aromatic heterocycles. The van der Waals surface area contributed by atoms with E-state index in [-0.39, 0.29) is 24.3 Å². The molecule has 0 bridgehead atoms. The molecule has 1 saturated heterocycles. The van der Waals surface area contributed by atoms with E-state index < -0.39 is 6.43 Å². The predicted octanol–water partition coefficient (Wildman–Crippen LogP) is 2.30. The lowest BCUT2D eigenvalue weighted by Gasteiger charge is -2.32. The molecule has 164 valence electrons. The third-order valence-corrected chi connectivity index (χ3v) is 6.24. The molecule has 7 nitrogen and oxygen atoms in total. The van der Waals surface area contributed by atoms with Crippen LogP contribution in [0, 0.1) is 0 Å². The van der Waals surface area contributed by atoms with E-state index in [0.717, 1.165) is 37.1 Å². The molecule has 1 fully saturated rings. The van der Waals surface area contributed by atoms with E-state index in [1.165, 1.54) is 10.0 Å². The fourth-order valence-electron chi connectivity index (χ4n) is 4.42. The molecule has 3 aliphatic rings. The van der Waals surface area contributed by atoms with E-state index >= 15 is 0 Å². The van der Waals surface area contributed by atoms with Crippen LogP contribution in [0.25, 0.3) is 0 Å². The molecule has 0 radical (unpaired) electrons. The Hall–Kier alpha value is -2.10. The summed E-state index contributed by atoms with van der Waals surface area (Å²) in [7, 11) is 3.22. The van der Waals surface area contributed by atoms with Crippen LogP contribution in [0.4, 0.5) is 8.78 Å². The number of carbonyl (C=O) groups is 1. The summed E-state index contributed by atoms with van der Waals surface area (Å²) in [6, 6.07) is 3.45. The number of hydrogen-bond donors (Lipinski definition) is 2. The second-order valence-electron chi connectivity index (χ2n) is 7.78. The molecule has 3 aliphatic heterocycles. The molecule has 1 aromatic carbocycles. The van der Waals surface area contributed by atoms with Crippen LogP contribution in [0.2, 0.25) is 5.02 Å². The lowest BCUT2D eigenvalue weighted by Crippen LogP contribution is -2.40. The number of halogens is 3. The van der Waals surface area contributed by atoms with Crippen LogP contribution in [0.15, 0.2) is 23.5 Å². The summed E-state index contributed by atoms with van der Waals surface area (Å²) < 4.78 is 33.1. The standard InChI is InChI=1S/C20H26ClF2N5O2/c1-26-15(19(20(22)23)27(2)25-26)11-30-16-6-5-13(21)12-7-8-24-14(18(12)16)10-28-9-3-4-17(28)29/h5-6,14,20,24-25H,3-4,7-11H2,1-2H3/t14-/m1/s1. The van der Waals surface area contributed by atoms with Crippen molar-refractivity contribution in [3.8, 4) is 5.75 Å². The first-order valence-corrected chi connectivity index (χ1v) is 10.4. The molecule has 10 heteroatoms. The van der Waals surface area contributed by atoms with Crippen LogP contribution in [0.3, 0.4) is 0 Å². The number of likely N-dealkylation sites (tertiary alicyclic amines) is 1. The number of ether oxygens (including phenoxy) is 1. The van der Waals surface area contributed by atoms with Gasteiger partial charge in [-0.2, -0.15) is 0 Å². The number of likely N-dealkylation sites (N-methyl/N-ethyl adjacent to an activating group) is 1. The number of nitrogens with one attached hydrogen (secondary N) is 2. The number of benzene rings is 1. The first-order valence-electron chi connectivity index (χ1n) is 10.1. The number of carbonyl (C=O) groups excluding carboxylic acids is 1. The van der Waals surface area contributed by atoms with Gasteiger partial charge >= 0.3 is 0 Å². The lowest BCUT2D eigenvalue weighted by molar-refractivity contribution is -0.128. The highest BCUT2D eigenvalue weighted by atomic mass is 35.5. The van der Waals surface area contributed by atoms with Crippen LogP contribution in [-0.4, -0.2) is 67.6 Å². The zero-order valence-electron chi connectivity index (χ0n) is 17.1. The topological polar surface area (TPSA) is 60.1 Å². The van der Waals surface area contributed by atoms with Crippen molar-refractivity contribution >= 4 is 17.5 Å². The van der Waals surface area contributed by atoms with Gasteiger partial charge in [0.05, 0.1) is 11.7 Å². The monoisotopic (exact) mass is 441 g/mol. The summed E-state index contributed by atoms with van der Waals surface area (Å²) in [5, 5.41) is 6.95. The number of nitrogens with zero attached hydrogens (tertiary/aromatic N) is 3. The first-order chi connectivity index (χ1) is 14.4. The molecule has 2 N–H and O–H groups in total. The molecular weight excluding hydrogens is 416 g/mol. The van der Waals surface area contributed by atoms with Crippen molar-refractivity contribution in [2.75, 3.05) is 40.3 Å². The van der Waals surface area contributed by atoms with Crippen molar-refractivity contribution < 1.29 is 18.3 Å². The maximum Gasteiger partial charge on any atom is 0.281 e.